The Labute approximate surface area is 115 Å². The Morgan fingerprint density at radius 2 is 1.95 bits per heavy atom. The lowest BCUT2D eigenvalue weighted by atomic mass is 10.1. The molecule has 1 N–H and O–H groups in total. The van der Waals surface area contributed by atoms with E-state index in [1.165, 1.54) is 19.1 Å². The zero-order valence-corrected chi connectivity index (χ0v) is 11.9. The van der Waals surface area contributed by atoms with Crippen molar-refractivity contribution in [3.8, 4) is 5.75 Å². The molecule has 0 atom stereocenters. The number of nitrogens with one attached hydrogen (secondary N) is 1. The molecule has 0 spiro atoms. The zero-order valence-electron chi connectivity index (χ0n) is 11.9. The highest BCUT2D eigenvalue weighted by molar-refractivity contribution is 5.70. The van der Waals surface area contributed by atoms with Crippen molar-refractivity contribution in [1.82, 2.24) is 5.32 Å². The van der Waals surface area contributed by atoms with Crippen LogP contribution in [0.15, 0.2) is 24.3 Å². The van der Waals surface area contributed by atoms with Crippen molar-refractivity contribution >= 4 is 5.97 Å². The molecule has 0 aliphatic heterocycles. The van der Waals surface area contributed by atoms with Crippen molar-refractivity contribution < 1.29 is 14.3 Å². The van der Waals surface area contributed by atoms with Crippen LogP contribution in [0.25, 0.3) is 0 Å². The largest absolute Gasteiger partial charge is 0.482 e. The molecule has 1 aromatic rings. The van der Waals surface area contributed by atoms with Gasteiger partial charge in [-0.15, -0.1) is 0 Å². The van der Waals surface area contributed by atoms with Gasteiger partial charge in [-0.3, -0.25) is 0 Å². The van der Waals surface area contributed by atoms with Crippen molar-refractivity contribution in [3.05, 3.63) is 29.8 Å². The maximum Gasteiger partial charge on any atom is 0.343 e. The summed E-state index contributed by atoms with van der Waals surface area (Å²) < 4.78 is 9.78. The number of carbonyl (C=O) groups is 1. The van der Waals surface area contributed by atoms with Crippen molar-refractivity contribution in [1.29, 1.82) is 0 Å². The fourth-order valence-corrected chi connectivity index (χ4v) is 1.53. The third-order valence-electron chi connectivity index (χ3n) is 2.74. The van der Waals surface area contributed by atoms with Gasteiger partial charge in [0.1, 0.15) is 5.75 Å². The van der Waals surface area contributed by atoms with E-state index in [-0.39, 0.29) is 12.6 Å². The van der Waals surface area contributed by atoms with Crippen LogP contribution in [0.2, 0.25) is 0 Å². The third-order valence-corrected chi connectivity index (χ3v) is 2.74. The topological polar surface area (TPSA) is 47.6 Å². The van der Waals surface area contributed by atoms with Gasteiger partial charge in [0.2, 0.25) is 0 Å². The van der Waals surface area contributed by atoms with Crippen molar-refractivity contribution in [2.24, 2.45) is 5.92 Å². The molecule has 0 aliphatic rings. The number of ether oxygens (including phenoxy) is 2. The average Bonchev–Trinajstić information content (AvgIpc) is 2.42. The molecule has 19 heavy (non-hydrogen) atoms. The van der Waals surface area contributed by atoms with Crippen LogP contribution in [-0.2, 0) is 16.1 Å². The molecular formula is C15H23NO3. The van der Waals surface area contributed by atoms with Gasteiger partial charge in [0.15, 0.2) is 6.61 Å². The van der Waals surface area contributed by atoms with Gasteiger partial charge in [-0.2, -0.15) is 0 Å². The summed E-state index contributed by atoms with van der Waals surface area (Å²) in [7, 11) is 1.34. The summed E-state index contributed by atoms with van der Waals surface area (Å²) in [6, 6.07) is 7.72. The van der Waals surface area contributed by atoms with E-state index < -0.39 is 0 Å². The quantitative estimate of drug-likeness (QED) is 0.579. The first kappa shape index (κ1) is 15.5. The zero-order chi connectivity index (χ0) is 14.1. The summed E-state index contributed by atoms with van der Waals surface area (Å²) in [4.78, 5) is 10.9. The summed E-state index contributed by atoms with van der Waals surface area (Å²) >= 11 is 0. The Kier molecular flexibility index (Phi) is 6.97. The van der Waals surface area contributed by atoms with Gasteiger partial charge in [-0.25, -0.2) is 4.79 Å². The van der Waals surface area contributed by atoms with E-state index in [2.05, 4.69) is 23.9 Å². The van der Waals surface area contributed by atoms with Crippen molar-refractivity contribution in [2.45, 2.75) is 26.8 Å². The fraction of sp³-hybridized carbons (Fsp3) is 0.533. The van der Waals surface area contributed by atoms with Crippen molar-refractivity contribution in [3.63, 3.8) is 0 Å². The average molecular weight is 265 g/mol. The van der Waals surface area contributed by atoms with Crippen LogP contribution in [0.5, 0.6) is 5.75 Å². The highest BCUT2D eigenvalue weighted by Crippen LogP contribution is 2.12. The van der Waals surface area contributed by atoms with Gasteiger partial charge in [0, 0.05) is 6.54 Å². The first-order valence-electron chi connectivity index (χ1n) is 6.61. The summed E-state index contributed by atoms with van der Waals surface area (Å²) in [5.74, 6) is 1.03. The Morgan fingerprint density at radius 3 is 2.53 bits per heavy atom. The van der Waals surface area contributed by atoms with Gasteiger partial charge < -0.3 is 14.8 Å². The van der Waals surface area contributed by atoms with E-state index in [0.29, 0.717) is 5.75 Å². The van der Waals surface area contributed by atoms with E-state index in [0.717, 1.165) is 19.0 Å². The second kappa shape index (κ2) is 8.53. The minimum absolute atomic E-state index is 0.0531. The number of hydrogen-bond donors (Lipinski definition) is 1. The van der Waals surface area contributed by atoms with Crippen LogP contribution in [0.3, 0.4) is 0 Å². The van der Waals surface area contributed by atoms with Crippen LogP contribution in [0, 0.1) is 5.92 Å². The molecule has 0 fully saturated rings. The molecule has 4 nitrogen and oxygen atoms in total. The van der Waals surface area contributed by atoms with Crippen LogP contribution in [0.1, 0.15) is 25.8 Å². The van der Waals surface area contributed by atoms with E-state index in [1.54, 1.807) is 0 Å². The number of benzene rings is 1. The molecule has 0 amide bonds. The number of methoxy groups -OCH3 is 1. The van der Waals surface area contributed by atoms with Gasteiger partial charge in [0.05, 0.1) is 7.11 Å². The summed E-state index contributed by atoms with van der Waals surface area (Å²) in [6.07, 6.45) is 1.18. The van der Waals surface area contributed by atoms with Gasteiger partial charge in [-0.1, -0.05) is 26.0 Å². The lowest BCUT2D eigenvalue weighted by Gasteiger charge is -2.08. The second-order valence-electron chi connectivity index (χ2n) is 4.87. The SMILES string of the molecule is COC(=O)COc1ccc(CNCCC(C)C)cc1. The minimum atomic E-state index is -0.376. The third kappa shape index (κ3) is 6.82. The summed E-state index contributed by atoms with van der Waals surface area (Å²) in [5, 5.41) is 3.40. The Morgan fingerprint density at radius 1 is 1.26 bits per heavy atom. The van der Waals surface area contributed by atoms with Crippen LogP contribution in [-0.4, -0.2) is 26.2 Å². The van der Waals surface area contributed by atoms with Gasteiger partial charge in [-0.05, 0) is 36.6 Å². The number of carbonyl (C=O) groups excluding carboxylic acids is 1. The highest BCUT2D eigenvalue weighted by atomic mass is 16.6. The minimum Gasteiger partial charge on any atom is -0.482 e. The van der Waals surface area contributed by atoms with E-state index >= 15 is 0 Å². The fourth-order valence-electron chi connectivity index (χ4n) is 1.53. The van der Waals surface area contributed by atoms with E-state index in [4.69, 9.17) is 4.74 Å². The first-order chi connectivity index (χ1) is 9.11. The smallest absolute Gasteiger partial charge is 0.343 e. The molecular weight excluding hydrogens is 242 g/mol. The molecule has 106 valence electrons. The molecule has 4 heteroatoms. The molecule has 0 unspecified atom stereocenters. The number of esters is 1. The monoisotopic (exact) mass is 265 g/mol. The van der Waals surface area contributed by atoms with E-state index in [1.807, 2.05) is 24.3 Å². The predicted octanol–water partition coefficient (Wildman–Crippen LogP) is 2.37. The van der Waals surface area contributed by atoms with E-state index in [9.17, 15) is 4.79 Å². The molecule has 1 aromatic carbocycles. The Bertz CT molecular complexity index is 373. The van der Waals surface area contributed by atoms with Crippen molar-refractivity contribution in [2.75, 3.05) is 20.3 Å². The molecule has 0 heterocycles. The maximum atomic E-state index is 10.9. The normalized spacial score (nSPS) is 10.5. The molecule has 0 saturated carbocycles. The summed E-state index contributed by atoms with van der Waals surface area (Å²) in [6.45, 7) is 6.26. The molecule has 1 rings (SSSR count). The molecule has 0 bridgehead atoms. The standard InChI is InChI=1S/C15H23NO3/c1-12(2)8-9-16-10-13-4-6-14(7-5-13)19-11-15(17)18-3/h4-7,12,16H,8-11H2,1-3H3. The maximum absolute atomic E-state index is 10.9. The first-order valence-corrected chi connectivity index (χ1v) is 6.61. The molecule has 0 saturated heterocycles. The second-order valence-corrected chi connectivity index (χ2v) is 4.87. The lowest BCUT2D eigenvalue weighted by Crippen LogP contribution is -2.16. The molecule has 0 aliphatic carbocycles. The Hall–Kier alpha value is -1.55. The number of hydrogen-bond acceptors (Lipinski definition) is 4. The molecule has 0 radical (unpaired) electrons. The Balaban J connectivity index is 2.29. The summed E-state index contributed by atoms with van der Waals surface area (Å²) in [5.41, 5.74) is 1.20. The molecule has 0 aromatic heterocycles. The number of rotatable bonds is 8. The van der Waals surface area contributed by atoms with Gasteiger partial charge in [0.25, 0.3) is 0 Å². The predicted molar refractivity (Wildman–Crippen MR) is 75.1 cm³/mol. The van der Waals surface area contributed by atoms with Crippen LogP contribution >= 0.6 is 0 Å². The highest BCUT2D eigenvalue weighted by Gasteiger charge is 2.01. The lowest BCUT2D eigenvalue weighted by molar-refractivity contribution is -0.142. The van der Waals surface area contributed by atoms with Crippen LogP contribution in [0.4, 0.5) is 0 Å². The van der Waals surface area contributed by atoms with Crippen LogP contribution < -0.4 is 10.1 Å². The van der Waals surface area contributed by atoms with Gasteiger partial charge >= 0.3 is 5.97 Å².